The van der Waals surface area contributed by atoms with Crippen LogP contribution in [0.4, 0.5) is 0 Å². The molecule has 22 heavy (non-hydrogen) atoms. The van der Waals surface area contributed by atoms with Gasteiger partial charge < -0.3 is 5.73 Å². The summed E-state index contributed by atoms with van der Waals surface area (Å²) in [7, 11) is 0. The van der Waals surface area contributed by atoms with E-state index in [1.165, 1.54) is 11.1 Å². The number of aromatic nitrogens is 2. The number of benzene rings is 2. The largest absolute Gasteiger partial charge is 0.329 e. The second-order valence-corrected chi connectivity index (χ2v) is 5.59. The highest BCUT2D eigenvalue weighted by atomic mass is 15.1. The minimum absolute atomic E-state index is 0.682. The molecule has 0 radical (unpaired) electrons. The minimum Gasteiger partial charge on any atom is -0.329 e. The molecule has 0 spiro atoms. The molecule has 3 rings (SSSR count). The summed E-state index contributed by atoms with van der Waals surface area (Å²) in [5.74, 6) is 0. The first-order chi connectivity index (χ1) is 10.8. The maximum Gasteiger partial charge on any atom is 0.0653 e. The molecular weight excluding hydrogens is 272 g/mol. The molecule has 4 nitrogen and oxygen atoms in total. The number of H-pyrrole nitrogens is 1. The second-order valence-electron chi connectivity index (χ2n) is 5.59. The first kappa shape index (κ1) is 14.8. The van der Waals surface area contributed by atoms with Crippen molar-refractivity contribution in [3.8, 4) is 0 Å². The molecule has 3 N–H and O–H groups in total. The van der Waals surface area contributed by atoms with Crippen LogP contribution in [-0.2, 0) is 13.0 Å². The van der Waals surface area contributed by atoms with E-state index in [1.807, 2.05) is 6.20 Å². The molecular formula is C18H22N4. The van der Waals surface area contributed by atoms with Gasteiger partial charge in [0.15, 0.2) is 0 Å². The topological polar surface area (TPSA) is 57.9 Å². The van der Waals surface area contributed by atoms with Crippen LogP contribution in [0.5, 0.6) is 0 Å². The van der Waals surface area contributed by atoms with Crippen molar-refractivity contribution < 1.29 is 0 Å². The summed E-state index contributed by atoms with van der Waals surface area (Å²) in [5, 5.41) is 8.26. The Bertz CT molecular complexity index is 705. The van der Waals surface area contributed by atoms with Gasteiger partial charge in [-0.25, -0.2) is 0 Å². The second kappa shape index (κ2) is 7.20. The lowest BCUT2D eigenvalue weighted by molar-refractivity contribution is 0.276. The smallest absolute Gasteiger partial charge is 0.0653 e. The van der Waals surface area contributed by atoms with Gasteiger partial charge in [-0.15, -0.1) is 0 Å². The molecule has 2 aromatic carbocycles. The van der Waals surface area contributed by atoms with Crippen molar-refractivity contribution in [2.75, 3.05) is 19.6 Å². The highest BCUT2D eigenvalue weighted by Gasteiger charge is 2.07. The van der Waals surface area contributed by atoms with Crippen LogP contribution in [0.3, 0.4) is 0 Å². The quantitative estimate of drug-likeness (QED) is 0.704. The monoisotopic (exact) mass is 294 g/mol. The Hall–Kier alpha value is -2.17. The number of rotatable bonds is 7. The Labute approximate surface area is 130 Å². The SMILES string of the molecule is NCCN(CCc1ccccc1)Cc1ccc2cn[nH]c2c1. The lowest BCUT2D eigenvalue weighted by atomic mass is 10.1. The van der Waals surface area contributed by atoms with Crippen LogP contribution in [0.25, 0.3) is 10.9 Å². The van der Waals surface area contributed by atoms with E-state index in [0.717, 1.165) is 37.0 Å². The van der Waals surface area contributed by atoms with Gasteiger partial charge in [0.2, 0.25) is 0 Å². The lowest BCUT2D eigenvalue weighted by Gasteiger charge is -2.21. The standard InChI is InChI=1S/C18H22N4/c19-9-11-22(10-8-15-4-2-1-3-5-15)14-16-6-7-17-13-20-21-18(17)12-16/h1-7,12-13H,8-11,14,19H2,(H,20,21). The summed E-state index contributed by atoms with van der Waals surface area (Å²) >= 11 is 0. The molecule has 0 atom stereocenters. The Morgan fingerprint density at radius 2 is 1.86 bits per heavy atom. The molecule has 0 amide bonds. The van der Waals surface area contributed by atoms with E-state index < -0.39 is 0 Å². The van der Waals surface area contributed by atoms with Crippen molar-refractivity contribution in [3.05, 3.63) is 65.9 Å². The number of nitrogens with one attached hydrogen (secondary N) is 1. The van der Waals surface area contributed by atoms with Crippen LogP contribution in [0.2, 0.25) is 0 Å². The first-order valence-corrected chi connectivity index (χ1v) is 7.73. The van der Waals surface area contributed by atoms with Crippen LogP contribution < -0.4 is 5.73 Å². The fraction of sp³-hybridized carbons (Fsp3) is 0.278. The van der Waals surface area contributed by atoms with Crippen molar-refractivity contribution in [2.45, 2.75) is 13.0 Å². The van der Waals surface area contributed by atoms with Crippen LogP contribution in [0.15, 0.2) is 54.7 Å². The summed E-state index contributed by atoms with van der Waals surface area (Å²) in [6.07, 6.45) is 2.90. The van der Waals surface area contributed by atoms with Gasteiger partial charge in [0.05, 0.1) is 11.7 Å². The Balaban J connectivity index is 1.65. The molecule has 1 heterocycles. The average Bonchev–Trinajstić information content (AvgIpc) is 3.01. The normalized spacial score (nSPS) is 11.4. The number of hydrogen-bond acceptors (Lipinski definition) is 3. The summed E-state index contributed by atoms with van der Waals surface area (Å²) in [4.78, 5) is 2.41. The molecule has 0 fully saturated rings. The molecule has 114 valence electrons. The molecule has 0 aliphatic heterocycles. The van der Waals surface area contributed by atoms with E-state index >= 15 is 0 Å². The third-order valence-electron chi connectivity index (χ3n) is 3.92. The van der Waals surface area contributed by atoms with E-state index in [4.69, 9.17) is 5.73 Å². The zero-order valence-corrected chi connectivity index (χ0v) is 12.7. The van der Waals surface area contributed by atoms with Crippen molar-refractivity contribution in [1.29, 1.82) is 0 Å². The molecule has 1 aromatic heterocycles. The maximum atomic E-state index is 5.77. The highest BCUT2D eigenvalue weighted by Crippen LogP contribution is 2.14. The fourth-order valence-electron chi connectivity index (χ4n) is 2.73. The van der Waals surface area contributed by atoms with Crippen molar-refractivity contribution in [2.24, 2.45) is 5.73 Å². The van der Waals surface area contributed by atoms with Crippen LogP contribution in [0.1, 0.15) is 11.1 Å². The Kier molecular flexibility index (Phi) is 4.83. The molecule has 0 aliphatic rings. The van der Waals surface area contributed by atoms with E-state index in [0.29, 0.717) is 6.54 Å². The predicted molar refractivity (Wildman–Crippen MR) is 90.6 cm³/mol. The number of fused-ring (bicyclic) bond motifs is 1. The van der Waals surface area contributed by atoms with Gasteiger partial charge in [-0.3, -0.25) is 10.00 Å². The Morgan fingerprint density at radius 1 is 1.00 bits per heavy atom. The lowest BCUT2D eigenvalue weighted by Crippen LogP contribution is -2.31. The number of nitrogens with two attached hydrogens (primary N) is 1. The number of aromatic amines is 1. The zero-order valence-electron chi connectivity index (χ0n) is 12.7. The molecule has 0 unspecified atom stereocenters. The summed E-state index contributed by atoms with van der Waals surface area (Å²) in [5.41, 5.74) is 9.52. The molecule has 0 aliphatic carbocycles. The average molecular weight is 294 g/mol. The van der Waals surface area contributed by atoms with E-state index in [1.54, 1.807) is 0 Å². The summed E-state index contributed by atoms with van der Waals surface area (Å²) in [6, 6.07) is 17.1. The number of hydrogen-bond donors (Lipinski definition) is 2. The third-order valence-corrected chi connectivity index (χ3v) is 3.92. The summed E-state index contributed by atoms with van der Waals surface area (Å²) in [6.45, 7) is 3.52. The highest BCUT2D eigenvalue weighted by molar-refractivity contribution is 5.78. The van der Waals surface area contributed by atoms with Gasteiger partial charge in [-0.2, -0.15) is 5.10 Å². The summed E-state index contributed by atoms with van der Waals surface area (Å²) < 4.78 is 0. The fourth-order valence-corrected chi connectivity index (χ4v) is 2.73. The first-order valence-electron chi connectivity index (χ1n) is 7.73. The van der Waals surface area contributed by atoms with Crippen LogP contribution in [-0.4, -0.2) is 34.7 Å². The third kappa shape index (κ3) is 3.72. The van der Waals surface area contributed by atoms with Crippen molar-refractivity contribution in [1.82, 2.24) is 15.1 Å². The van der Waals surface area contributed by atoms with E-state index in [-0.39, 0.29) is 0 Å². The molecule has 3 aromatic rings. The van der Waals surface area contributed by atoms with Gasteiger partial charge in [-0.05, 0) is 23.6 Å². The van der Waals surface area contributed by atoms with Gasteiger partial charge in [0.1, 0.15) is 0 Å². The van der Waals surface area contributed by atoms with Crippen molar-refractivity contribution in [3.63, 3.8) is 0 Å². The van der Waals surface area contributed by atoms with Gasteiger partial charge >= 0.3 is 0 Å². The van der Waals surface area contributed by atoms with Gasteiger partial charge in [0, 0.05) is 31.6 Å². The van der Waals surface area contributed by atoms with Crippen LogP contribution >= 0.6 is 0 Å². The molecule has 0 bridgehead atoms. The molecule has 4 heteroatoms. The van der Waals surface area contributed by atoms with E-state index in [9.17, 15) is 0 Å². The molecule has 0 saturated carbocycles. The zero-order chi connectivity index (χ0) is 15.2. The van der Waals surface area contributed by atoms with Crippen molar-refractivity contribution >= 4 is 10.9 Å². The minimum atomic E-state index is 0.682. The Morgan fingerprint density at radius 3 is 2.68 bits per heavy atom. The van der Waals surface area contributed by atoms with Crippen LogP contribution in [0, 0.1) is 0 Å². The predicted octanol–water partition coefficient (Wildman–Crippen LogP) is 2.57. The number of nitrogens with zero attached hydrogens (tertiary/aromatic N) is 2. The van der Waals surface area contributed by atoms with Gasteiger partial charge in [-0.1, -0.05) is 42.5 Å². The molecule has 0 saturated heterocycles. The maximum absolute atomic E-state index is 5.77. The van der Waals surface area contributed by atoms with E-state index in [2.05, 4.69) is 63.6 Å². The van der Waals surface area contributed by atoms with Gasteiger partial charge in [0.25, 0.3) is 0 Å².